The second-order valence-electron chi connectivity index (χ2n) is 5.54. The Kier molecular flexibility index (Phi) is 3.17. The minimum Gasteiger partial charge on any atom is -0.313 e. The van der Waals surface area contributed by atoms with E-state index in [1.54, 1.807) is 11.1 Å². The van der Waals surface area contributed by atoms with E-state index in [0.717, 1.165) is 6.04 Å². The summed E-state index contributed by atoms with van der Waals surface area (Å²) in [4.78, 5) is 2.46. The van der Waals surface area contributed by atoms with E-state index in [2.05, 4.69) is 41.5 Å². The van der Waals surface area contributed by atoms with Gasteiger partial charge < -0.3 is 10.2 Å². The molecule has 1 N–H and O–H groups in total. The summed E-state index contributed by atoms with van der Waals surface area (Å²) in [5.74, 6) is 0. The number of hydrogen-bond acceptors (Lipinski definition) is 2. The van der Waals surface area contributed by atoms with Crippen molar-refractivity contribution in [1.29, 1.82) is 0 Å². The van der Waals surface area contributed by atoms with Gasteiger partial charge in [0.1, 0.15) is 0 Å². The summed E-state index contributed by atoms with van der Waals surface area (Å²) in [5, 5.41) is 3.72. The van der Waals surface area contributed by atoms with Gasteiger partial charge in [-0.15, -0.1) is 0 Å². The van der Waals surface area contributed by atoms with Gasteiger partial charge in [0.2, 0.25) is 0 Å². The van der Waals surface area contributed by atoms with Crippen molar-refractivity contribution in [2.24, 2.45) is 0 Å². The van der Waals surface area contributed by atoms with Crippen LogP contribution in [0.25, 0.3) is 0 Å². The molecule has 1 saturated heterocycles. The molecule has 2 aliphatic rings. The predicted molar refractivity (Wildman–Crippen MR) is 71.3 cm³/mol. The molecular formula is C15H22N2. The highest BCUT2D eigenvalue weighted by Crippen LogP contribution is 2.22. The molecule has 3 rings (SSSR count). The zero-order valence-electron chi connectivity index (χ0n) is 10.7. The van der Waals surface area contributed by atoms with Crippen LogP contribution in [0.1, 0.15) is 24.0 Å². The van der Waals surface area contributed by atoms with Gasteiger partial charge in [-0.1, -0.05) is 24.3 Å². The van der Waals surface area contributed by atoms with E-state index in [0.29, 0.717) is 6.04 Å². The van der Waals surface area contributed by atoms with Gasteiger partial charge in [0.15, 0.2) is 0 Å². The lowest BCUT2D eigenvalue weighted by atomic mass is 10.0. The summed E-state index contributed by atoms with van der Waals surface area (Å²) >= 11 is 0. The van der Waals surface area contributed by atoms with Crippen molar-refractivity contribution in [3.63, 3.8) is 0 Å². The Morgan fingerprint density at radius 3 is 2.47 bits per heavy atom. The zero-order chi connectivity index (χ0) is 11.7. The van der Waals surface area contributed by atoms with Gasteiger partial charge in [0, 0.05) is 12.1 Å². The molecule has 1 heterocycles. The van der Waals surface area contributed by atoms with Crippen molar-refractivity contribution in [1.82, 2.24) is 10.2 Å². The van der Waals surface area contributed by atoms with Gasteiger partial charge in [0.25, 0.3) is 0 Å². The normalized spacial score (nSPS) is 24.6. The molecule has 17 heavy (non-hydrogen) atoms. The Bertz CT molecular complexity index is 363. The third-order valence-electron chi connectivity index (χ3n) is 4.40. The summed E-state index contributed by atoms with van der Waals surface area (Å²) in [6.45, 7) is 2.47. The zero-order valence-corrected chi connectivity index (χ0v) is 10.7. The molecule has 92 valence electrons. The first kappa shape index (κ1) is 11.2. The summed E-state index contributed by atoms with van der Waals surface area (Å²) in [5.41, 5.74) is 3.09. The topological polar surface area (TPSA) is 15.3 Å². The highest BCUT2D eigenvalue weighted by molar-refractivity contribution is 5.33. The lowest BCUT2D eigenvalue weighted by molar-refractivity contribution is 0.117. The Labute approximate surface area is 104 Å². The molecule has 1 fully saturated rings. The van der Waals surface area contributed by atoms with Crippen LogP contribution in [0.3, 0.4) is 0 Å². The van der Waals surface area contributed by atoms with E-state index < -0.39 is 0 Å². The standard InChI is InChI=1S/C15H22N2/c1-17-9-7-15(17)6-8-16-14-10-12-4-2-3-5-13(12)11-14/h2-5,14-16H,6-11H2,1H3. The molecule has 1 aliphatic carbocycles. The third-order valence-corrected chi connectivity index (χ3v) is 4.40. The summed E-state index contributed by atoms with van der Waals surface area (Å²) < 4.78 is 0. The number of rotatable bonds is 4. The van der Waals surface area contributed by atoms with Gasteiger partial charge in [-0.05, 0) is 56.9 Å². The van der Waals surface area contributed by atoms with Crippen LogP contribution in [0, 0.1) is 0 Å². The molecule has 2 heteroatoms. The SMILES string of the molecule is CN1CCC1CCNC1Cc2ccccc2C1. The number of nitrogens with zero attached hydrogens (tertiary/aromatic N) is 1. The van der Waals surface area contributed by atoms with E-state index in [-0.39, 0.29) is 0 Å². The fourth-order valence-electron chi connectivity index (χ4n) is 3.09. The first-order valence-electron chi connectivity index (χ1n) is 6.83. The van der Waals surface area contributed by atoms with E-state index in [9.17, 15) is 0 Å². The lowest BCUT2D eigenvalue weighted by Crippen LogP contribution is -2.46. The first-order valence-corrected chi connectivity index (χ1v) is 6.83. The van der Waals surface area contributed by atoms with Crippen LogP contribution < -0.4 is 5.32 Å². The Morgan fingerprint density at radius 1 is 1.24 bits per heavy atom. The number of hydrogen-bond donors (Lipinski definition) is 1. The lowest BCUT2D eigenvalue weighted by Gasteiger charge is -2.38. The van der Waals surface area contributed by atoms with Crippen LogP contribution >= 0.6 is 0 Å². The summed E-state index contributed by atoms with van der Waals surface area (Å²) in [7, 11) is 2.24. The molecule has 0 spiro atoms. The Hall–Kier alpha value is -0.860. The first-order chi connectivity index (χ1) is 8.33. The number of likely N-dealkylation sites (tertiary alicyclic amines) is 1. The van der Waals surface area contributed by atoms with Crippen molar-refractivity contribution in [3.05, 3.63) is 35.4 Å². The summed E-state index contributed by atoms with van der Waals surface area (Å²) in [6, 6.07) is 10.4. The smallest absolute Gasteiger partial charge is 0.0148 e. The maximum Gasteiger partial charge on any atom is 0.0148 e. The highest BCUT2D eigenvalue weighted by Gasteiger charge is 2.24. The van der Waals surface area contributed by atoms with Crippen LogP contribution in [0.5, 0.6) is 0 Å². The molecule has 1 atom stereocenters. The maximum absolute atomic E-state index is 3.72. The van der Waals surface area contributed by atoms with Crippen molar-refractivity contribution >= 4 is 0 Å². The number of fused-ring (bicyclic) bond motifs is 1. The van der Waals surface area contributed by atoms with Gasteiger partial charge in [-0.2, -0.15) is 0 Å². The molecule has 0 amide bonds. The fourth-order valence-corrected chi connectivity index (χ4v) is 3.09. The van der Waals surface area contributed by atoms with E-state index in [1.165, 1.54) is 38.8 Å². The monoisotopic (exact) mass is 230 g/mol. The maximum atomic E-state index is 3.72. The van der Waals surface area contributed by atoms with Crippen LogP contribution in [0.4, 0.5) is 0 Å². The van der Waals surface area contributed by atoms with Gasteiger partial charge in [-0.25, -0.2) is 0 Å². The molecule has 0 aromatic heterocycles. The molecule has 0 radical (unpaired) electrons. The van der Waals surface area contributed by atoms with E-state index >= 15 is 0 Å². The Morgan fingerprint density at radius 2 is 1.94 bits per heavy atom. The van der Waals surface area contributed by atoms with Crippen molar-refractivity contribution in [3.8, 4) is 0 Å². The summed E-state index contributed by atoms with van der Waals surface area (Å²) in [6.07, 6.45) is 5.14. The largest absolute Gasteiger partial charge is 0.313 e. The molecular weight excluding hydrogens is 208 g/mol. The second kappa shape index (κ2) is 4.79. The third kappa shape index (κ3) is 2.38. The van der Waals surface area contributed by atoms with E-state index in [4.69, 9.17) is 0 Å². The Balaban J connectivity index is 1.43. The minimum atomic E-state index is 0.679. The molecule has 2 nitrogen and oxygen atoms in total. The van der Waals surface area contributed by atoms with Gasteiger partial charge >= 0.3 is 0 Å². The van der Waals surface area contributed by atoms with Gasteiger partial charge in [-0.3, -0.25) is 0 Å². The van der Waals surface area contributed by atoms with Crippen LogP contribution in [0.15, 0.2) is 24.3 Å². The second-order valence-corrected chi connectivity index (χ2v) is 5.54. The highest BCUT2D eigenvalue weighted by atomic mass is 15.2. The van der Waals surface area contributed by atoms with Crippen LogP contribution in [-0.2, 0) is 12.8 Å². The van der Waals surface area contributed by atoms with Crippen LogP contribution in [-0.4, -0.2) is 37.1 Å². The molecule has 0 saturated carbocycles. The van der Waals surface area contributed by atoms with Crippen LogP contribution in [0.2, 0.25) is 0 Å². The molecule has 0 bridgehead atoms. The average molecular weight is 230 g/mol. The van der Waals surface area contributed by atoms with Crippen molar-refractivity contribution in [2.75, 3.05) is 20.1 Å². The molecule has 1 aromatic rings. The molecule has 1 aliphatic heterocycles. The minimum absolute atomic E-state index is 0.679. The van der Waals surface area contributed by atoms with Gasteiger partial charge in [0.05, 0.1) is 0 Å². The molecule has 1 unspecified atom stereocenters. The molecule has 1 aromatic carbocycles. The quantitative estimate of drug-likeness (QED) is 0.849. The number of nitrogens with one attached hydrogen (secondary N) is 1. The van der Waals surface area contributed by atoms with E-state index in [1.807, 2.05) is 0 Å². The fraction of sp³-hybridized carbons (Fsp3) is 0.600. The predicted octanol–water partition coefficient (Wildman–Crippen LogP) is 1.84. The number of benzene rings is 1. The average Bonchev–Trinajstić information content (AvgIpc) is 2.75. The van der Waals surface area contributed by atoms with Crippen molar-refractivity contribution in [2.45, 2.75) is 37.8 Å². The van der Waals surface area contributed by atoms with Crippen molar-refractivity contribution < 1.29 is 0 Å².